The van der Waals surface area contributed by atoms with Gasteiger partial charge in [0.2, 0.25) is 0 Å². The fourth-order valence-electron chi connectivity index (χ4n) is 5.24. The highest BCUT2D eigenvalue weighted by atomic mass is 19.1. The second-order valence-electron chi connectivity index (χ2n) is 11.0. The lowest BCUT2D eigenvalue weighted by molar-refractivity contribution is 0.0155. The molecule has 4 heterocycles. The van der Waals surface area contributed by atoms with Gasteiger partial charge in [-0.15, -0.1) is 0 Å². The normalized spacial score (nSPS) is 19.5. The molecule has 2 aliphatic rings. The highest BCUT2D eigenvalue weighted by Crippen LogP contribution is 2.29. The Morgan fingerprint density at radius 3 is 2.57 bits per heavy atom. The monoisotopic (exact) mass is 512 g/mol. The lowest BCUT2D eigenvalue weighted by atomic mass is 10.0. The van der Waals surface area contributed by atoms with Crippen LogP contribution in [0.1, 0.15) is 45.6 Å². The Bertz CT molecular complexity index is 1300. The number of ether oxygens (including phenoxy) is 1. The molecule has 37 heavy (non-hydrogen) atoms. The van der Waals surface area contributed by atoms with Crippen LogP contribution < -0.4 is 5.32 Å². The van der Waals surface area contributed by atoms with Crippen LogP contribution in [0.3, 0.4) is 0 Å². The topological polar surface area (TPSA) is 75.0 Å². The van der Waals surface area contributed by atoms with Gasteiger partial charge in [-0.3, -0.25) is 9.30 Å². The standard InChI is InChI=1S/C27H34F2N6O2/c1-17-13-20(22(29)14-21(17)28)23-15-31-24(25-30-8-12-35(23)25)32-18-5-9-34(16-18)19-6-10-33(11-7-19)26(36)37-27(2,3)4/h8,12-15,18-19H,5-7,9-11,16H2,1-4H3,(H,31,32)/t18-/m0/s1. The molecule has 0 saturated carbocycles. The van der Waals surface area contributed by atoms with Crippen LogP contribution in [0.4, 0.5) is 19.4 Å². The van der Waals surface area contributed by atoms with Gasteiger partial charge in [0.05, 0.1) is 11.9 Å². The summed E-state index contributed by atoms with van der Waals surface area (Å²) in [4.78, 5) is 25.7. The molecule has 0 unspecified atom stereocenters. The van der Waals surface area contributed by atoms with Gasteiger partial charge in [-0.25, -0.2) is 23.5 Å². The van der Waals surface area contributed by atoms with Crippen LogP contribution in [0.5, 0.6) is 0 Å². The van der Waals surface area contributed by atoms with E-state index in [1.54, 1.807) is 34.8 Å². The summed E-state index contributed by atoms with van der Waals surface area (Å²) in [5, 5.41) is 3.53. The fourth-order valence-corrected chi connectivity index (χ4v) is 5.24. The minimum absolute atomic E-state index is 0.201. The lowest BCUT2D eigenvalue weighted by Gasteiger charge is -2.37. The third-order valence-electron chi connectivity index (χ3n) is 7.15. The van der Waals surface area contributed by atoms with Crippen LogP contribution in [0.25, 0.3) is 16.9 Å². The first-order valence-corrected chi connectivity index (χ1v) is 12.9. The number of hydrogen-bond acceptors (Lipinski definition) is 6. The number of aromatic nitrogens is 3. The number of halogens is 2. The van der Waals surface area contributed by atoms with Gasteiger partial charge in [-0.2, -0.15) is 0 Å². The van der Waals surface area contributed by atoms with Gasteiger partial charge in [0.25, 0.3) is 0 Å². The van der Waals surface area contributed by atoms with E-state index in [-0.39, 0.29) is 17.7 Å². The van der Waals surface area contributed by atoms with E-state index in [1.165, 1.54) is 6.07 Å². The van der Waals surface area contributed by atoms with E-state index in [0.717, 1.165) is 38.4 Å². The van der Waals surface area contributed by atoms with Gasteiger partial charge >= 0.3 is 6.09 Å². The number of carbonyl (C=O) groups is 1. The summed E-state index contributed by atoms with van der Waals surface area (Å²) in [6.45, 7) is 10.5. The van der Waals surface area contributed by atoms with E-state index in [9.17, 15) is 13.6 Å². The molecule has 10 heteroatoms. The van der Waals surface area contributed by atoms with Gasteiger partial charge < -0.3 is 15.0 Å². The van der Waals surface area contributed by atoms with Crippen LogP contribution >= 0.6 is 0 Å². The molecule has 198 valence electrons. The summed E-state index contributed by atoms with van der Waals surface area (Å²) in [6, 6.07) is 3.03. The molecule has 1 amide bonds. The van der Waals surface area contributed by atoms with Gasteiger partial charge in [-0.05, 0) is 58.6 Å². The number of aryl methyl sites for hydroxylation is 1. The SMILES string of the molecule is Cc1cc(-c2cnc(N[C@H]3CCN(C4CCN(C(=O)OC(C)(C)C)CC4)C3)c3nccn23)c(F)cc1F. The van der Waals surface area contributed by atoms with Crippen LogP contribution in [0, 0.1) is 18.6 Å². The minimum Gasteiger partial charge on any atom is -0.444 e. The molecule has 1 aromatic carbocycles. The Morgan fingerprint density at radius 1 is 1.08 bits per heavy atom. The Balaban J connectivity index is 1.23. The fraction of sp³-hybridized carbons (Fsp3) is 0.519. The Kier molecular flexibility index (Phi) is 6.78. The highest BCUT2D eigenvalue weighted by molar-refractivity contribution is 5.71. The van der Waals surface area contributed by atoms with E-state index in [0.29, 0.717) is 41.9 Å². The van der Waals surface area contributed by atoms with Crippen molar-refractivity contribution in [2.75, 3.05) is 31.5 Å². The Labute approximate surface area is 215 Å². The number of benzene rings is 1. The van der Waals surface area contributed by atoms with Crippen molar-refractivity contribution in [3.05, 3.63) is 47.9 Å². The molecule has 1 atom stereocenters. The van der Waals surface area contributed by atoms with Crippen molar-refractivity contribution < 1.29 is 18.3 Å². The third-order valence-corrected chi connectivity index (χ3v) is 7.15. The summed E-state index contributed by atoms with van der Waals surface area (Å²) in [5.74, 6) is -0.569. The zero-order chi connectivity index (χ0) is 26.3. The summed E-state index contributed by atoms with van der Waals surface area (Å²) < 4.78 is 35.7. The van der Waals surface area contributed by atoms with E-state index < -0.39 is 17.2 Å². The van der Waals surface area contributed by atoms with E-state index in [4.69, 9.17) is 4.74 Å². The van der Waals surface area contributed by atoms with Gasteiger partial charge in [0.1, 0.15) is 17.2 Å². The average Bonchev–Trinajstić information content (AvgIpc) is 3.51. The largest absolute Gasteiger partial charge is 0.444 e. The number of nitrogens with one attached hydrogen (secondary N) is 1. The van der Waals surface area contributed by atoms with E-state index >= 15 is 0 Å². The van der Waals surface area contributed by atoms with Gasteiger partial charge in [-0.1, -0.05) is 0 Å². The lowest BCUT2D eigenvalue weighted by Crippen LogP contribution is -2.47. The van der Waals surface area contributed by atoms with Gasteiger partial charge in [0.15, 0.2) is 11.5 Å². The predicted molar refractivity (Wildman–Crippen MR) is 138 cm³/mol. The van der Waals surface area contributed by atoms with Crippen molar-refractivity contribution in [3.8, 4) is 11.3 Å². The zero-order valence-electron chi connectivity index (χ0n) is 21.8. The molecule has 0 aliphatic carbocycles. The molecule has 0 spiro atoms. The van der Waals surface area contributed by atoms with Crippen molar-refractivity contribution in [2.24, 2.45) is 0 Å². The summed E-state index contributed by atoms with van der Waals surface area (Å²) in [6.07, 6.45) is 7.59. The first kappa shape index (κ1) is 25.4. The van der Waals surface area contributed by atoms with Crippen LogP contribution in [-0.4, -0.2) is 74.1 Å². The Morgan fingerprint density at radius 2 is 1.84 bits per heavy atom. The number of imidazole rings is 1. The highest BCUT2D eigenvalue weighted by Gasteiger charge is 2.33. The first-order chi connectivity index (χ1) is 17.6. The molecule has 1 N–H and O–H groups in total. The van der Waals surface area contributed by atoms with Crippen LogP contribution in [0.2, 0.25) is 0 Å². The van der Waals surface area contributed by atoms with Gasteiger partial charge in [0, 0.05) is 62.3 Å². The number of carbonyl (C=O) groups excluding carboxylic acids is 1. The number of piperidine rings is 1. The maximum atomic E-state index is 14.6. The zero-order valence-corrected chi connectivity index (χ0v) is 21.8. The average molecular weight is 513 g/mol. The molecule has 0 radical (unpaired) electrons. The van der Waals surface area contributed by atoms with E-state index in [2.05, 4.69) is 20.2 Å². The molecule has 2 aromatic heterocycles. The predicted octanol–water partition coefficient (Wildman–Crippen LogP) is 4.87. The minimum atomic E-state index is -0.634. The number of fused-ring (bicyclic) bond motifs is 1. The summed E-state index contributed by atoms with van der Waals surface area (Å²) >= 11 is 0. The smallest absolute Gasteiger partial charge is 0.410 e. The van der Waals surface area contributed by atoms with Crippen molar-refractivity contribution >= 4 is 17.6 Å². The van der Waals surface area contributed by atoms with Crippen molar-refractivity contribution in [3.63, 3.8) is 0 Å². The van der Waals surface area contributed by atoms with E-state index in [1.807, 2.05) is 20.8 Å². The number of hydrogen-bond donors (Lipinski definition) is 1. The maximum Gasteiger partial charge on any atom is 0.410 e. The molecule has 2 saturated heterocycles. The third kappa shape index (κ3) is 5.39. The molecule has 0 bridgehead atoms. The maximum absolute atomic E-state index is 14.6. The number of nitrogens with zero attached hydrogens (tertiary/aromatic N) is 5. The second-order valence-corrected chi connectivity index (χ2v) is 11.0. The molecule has 2 fully saturated rings. The van der Waals surface area contributed by atoms with Crippen LogP contribution in [-0.2, 0) is 4.74 Å². The quantitative estimate of drug-likeness (QED) is 0.538. The Hall–Kier alpha value is -3.27. The van der Waals surface area contributed by atoms with Crippen molar-refractivity contribution in [1.29, 1.82) is 0 Å². The first-order valence-electron chi connectivity index (χ1n) is 12.9. The number of amides is 1. The van der Waals surface area contributed by atoms with Crippen molar-refractivity contribution in [1.82, 2.24) is 24.2 Å². The molecule has 8 nitrogen and oxygen atoms in total. The molecule has 5 rings (SSSR count). The number of rotatable bonds is 4. The number of anilines is 1. The number of likely N-dealkylation sites (tertiary alicyclic amines) is 2. The van der Waals surface area contributed by atoms with Crippen LogP contribution in [0.15, 0.2) is 30.7 Å². The van der Waals surface area contributed by atoms with Crippen molar-refractivity contribution in [2.45, 2.75) is 64.6 Å². The molecular formula is C27H34F2N6O2. The molecule has 2 aliphatic heterocycles. The summed E-state index contributed by atoms with van der Waals surface area (Å²) in [5.41, 5.74) is 1.28. The second kappa shape index (κ2) is 9.89. The summed E-state index contributed by atoms with van der Waals surface area (Å²) in [7, 11) is 0. The molecule has 3 aromatic rings. The molecular weight excluding hydrogens is 478 g/mol.